The van der Waals surface area contributed by atoms with Crippen LogP contribution < -0.4 is 10.5 Å². The lowest BCUT2D eigenvalue weighted by Gasteiger charge is -2.34. The molecule has 0 bridgehead atoms. The second kappa shape index (κ2) is 10.1. The van der Waals surface area contributed by atoms with E-state index in [1.807, 2.05) is 6.92 Å². The van der Waals surface area contributed by atoms with Crippen molar-refractivity contribution in [3.63, 3.8) is 0 Å². The number of fused-ring (bicyclic) bond motifs is 1. The van der Waals surface area contributed by atoms with E-state index in [-0.39, 0.29) is 5.56 Å². The van der Waals surface area contributed by atoms with Crippen molar-refractivity contribution >= 4 is 28.3 Å². The topological polar surface area (TPSA) is 78.0 Å². The Kier molecular flexibility index (Phi) is 6.73. The Balaban J connectivity index is 1.44. The first kappa shape index (κ1) is 24.0. The molecular formula is C28H27ClN6O. The molecule has 0 amide bonds. The van der Waals surface area contributed by atoms with Gasteiger partial charge < -0.3 is 9.80 Å². The molecule has 1 fully saturated rings. The van der Waals surface area contributed by atoms with Crippen LogP contribution in [0.15, 0.2) is 59.5 Å². The van der Waals surface area contributed by atoms with Gasteiger partial charge in [-0.25, -0.2) is 9.97 Å². The molecule has 7 nitrogen and oxygen atoms in total. The third-order valence-electron chi connectivity index (χ3n) is 6.75. The van der Waals surface area contributed by atoms with Gasteiger partial charge >= 0.3 is 0 Å². The summed E-state index contributed by atoms with van der Waals surface area (Å²) < 4.78 is 1.65. The van der Waals surface area contributed by atoms with E-state index in [1.54, 1.807) is 35.0 Å². The number of likely N-dealkylation sites (N-methyl/N-ethyl adjacent to an activating group) is 1. The monoisotopic (exact) mass is 498 g/mol. The molecule has 0 saturated carbocycles. The largest absolute Gasteiger partial charge is 0.369 e. The lowest BCUT2D eigenvalue weighted by molar-refractivity contribution is 0.313. The van der Waals surface area contributed by atoms with Crippen LogP contribution in [0, 0.1) is 11.3 Å². The summed E-state index contributed by atoms with van der Waals surface area (Å²) in [5, 5.41) is 10.3. The second-order valence-electron chi connectivity index (χ2n) is 9.11. The minimum absolute atomic E-state index is 0.169. The van der Waals surface area contributed by atoms with Crippen LogP contribution in [-0.2, 0) is 13.0 Å². The van der Waals surface area contributed by atoms with Crippen LogP contribution in [-0.4, -0.2) is 52.7 Å². The number of pyridine rings is 1. The van der Waals surface area contributed by atoms with Crippen LogP contribution in [0.4, 0.5) is 5.69 Å². The molecule has 3 heterocycles. The summed E-state index contributed by atoms with van der Waals surface area (Å²) in [6, 6.07) is 17.4. The molecule has 5 rings (SSSR count). The van der Waals surface area contributed by atoms with Crippen LogP contribution in [0.3, 0.4) is 0 Å². The van der Waals surface area contributed by atoms with Gasteiger partial charge in [-0.3, -0.25) is 9.36 Å². The van der Waals surface area contributed by atoms with E-state index >= 15 is 0 Å². The summed E-state index contributed by atoms with van der Waals surface area (Å²) in [7, 11) is 2.16. The van der Waals surface area contributed by atoms with Crippen molar-refractivity contribution in [2.24, 2.45) is 0 Å². The summed E-state index contributed by atoms with van der Waals surface area (Å²) >= 11 is 6.41. The number of rotatable bonds is 5. The molecule has 1 aliphatic rings. The summed E-state index contributed by atoms with van der Waals surface area (Å²) in [6.07, 6.45) is 2.35. The minimum atomic E-state index is -0.169. The van der Waals surface area contributed by atoms with Gasteiger partial charge in [0.1, 0.15) is 11.5 Å². The molecule has 8 heteroatoms. The van der Waals surface area contributed by atoms with E-state index < -0.39 is 0 Å². The SMILES string of the molecule is CCn1c(=O)c(-c2ccc(C#N)cc2Cl)cc2cnc(Cc3ccc(N4CCN(C)CC4)cc3)nc21. The highest BCUT2D eigenvalue weighted by molar-refractivity contribution is 6.33. The zero-order valence-electron chi connectivity index (χ0n) is 20.4. The summed E-state index contributed by atoms with van der Waals surface area (Å²) in [6.45, 7) is 6.61. The molecular weight excluding hydrogens is 472 g/mol. The molecule has 182 valence electrons. The van der Waals surface area contributed by atoms with Gasteiger partial charge in [0.2, 0.25) is 0 Å². The van der Waals surface area contributed by atoms with Gasteiger partial charge in [-0.15, -0.1) is 0 Å². The molecule has 0 radical (unpaired) electrons. The number of halogens is 1. The fourth-order valence-electron chi connectivity index (χ4n) is 4.64. The van der Waals surface area contributed by atoms with E-state index in [2.05, 4.69) is 52.2 Å². The summed E-state index contributed by atoms with van der Waals surface area (Å²) in [5.41, 5.74) is 4.31. The van der Waals surface area contributed by atoms with E-state index in [9.17, 15) is 4.79 Å². The Morgan fingerprint density at radius 2 is 1.78 bits per heavy atom. The van der Waals surface area contributed by atoms with Gasteiger partial charge in [0.15, 0.2) is 0 Å². The van der Waals surface area contributed by atoms with Crippen molar-refractivity contribution in [2.75, 3.05) is 38.1 Å². The molecule has 36 heavy (non-hydrogen) atoms. The number of nitrogens with zero attached hydrogens (tertiary/aromatic N) is 6. The second-order valence-corrected chi connectivity index (χ2v) is 9.52. The Hall–Kier alpha value is -3.73. The predicted octanol–water partition coefficient (Wildman–Crippen LogP) is 4.35. The normalized spacial score (nSPS) is 14.2. The van der Waals surface area contributed by atoms with Crippen molar-refractivity contribution < 1.29 is 0 Å². The average molecular weight is 499 g/mol. The molecule has 0 unspecified atom stereocenters. The molecule has 0 spiro atoms. The van der Waals surface area contributed by atoms with Gasteiger partial charge in [0.05, 0.1) is 11.6 Å². The third-order valence-corrected chi connectivity index (χ3v) is 7.06. The fourth-order valence-corrected chi connectivity index (χ4v) is 4.92. The Morgan fingerprint density at radius 1 is 1.03 bits per heavy atom. The number of benzene rings is 2. The Bertz CT molecular complexity index is 1510. The van der Waals surface area contributed by atoms with E-state index in [0.29, 0.717) is 46.2 Å². The standard InChI is InChI=1S/C28H27ClN6O/c1-3-35-27-21(16-24(28(35)36)23-9-6-20(17-30)14-25(23)29)18-31-26(32-27)15-19-4-7-22(8-5-19)34-12-10-33(2)11-13-34/h4-9,14,16,18H,3,10-13,15H2,1-2H3. The number of hydrogen-bond donors (Lipinski definition) is 0. The predicted molar refractivity (Wildman–Crippen MR) is 144 cm³/mol. The van der Waals surface area contributed by atoms with Gasteiger partial charge in [-0.1, -0.05) is 29.8 Å². The maximum Gasteiger partial charge on any atom is 0.260 e. The zero-order chi connectivity index (χ0) is 25.2. The van der Waals surface area contributed by atoms with Crippen LogP contribution in [0.1, 0.15) is 23.9 Å². The maximum atomic E-state index is 13.4. The fraction of sp³-hybridized carbons (Fsp3) is 0.286. The Labute approximate surface area is 215 Å². The average Bonchev–Trinajstić information content (AvgIpc) is 2.89. The summed E-state index contributed by atoms with van der Waals surface area (Å²) in [5.74, 6) is 0.667. The van der Waals surface area contributed by atoms with Crippen LogP contribution in [0.2, 0.25) is 5.02 Å². The van der Waals surface area contributed by atoms with Crippen LogP contribution in [0.5, 0.6) is 0 Å². The van der Waals surface area contributed by atoms with E-state index in [0.717, 1.165) is 37.1 Å². The van der Waals surface area contributed by atoms with Crippen molar-refractivity contribution in [1.82, 2.24) is 19.4 Å². The molecule has 0 atom stereocenters. The van der Waals surface area contributed by atoms with Gasteiger partial charge in [0, 0.05) is 72.6 Å². The van der Waals surface area contributed by atoms with E-state index in [4.69, 9.17) is 21.8 Å². The molecule has 4 aromatic rings. The number of piperazine rings is 1. The maximum absolute atomic E-state index is 13.4. The molecule has 2 aromatic carbocycles. The van der Waals surface area contributed by atoms with Crippen LogP contribution in [0.25, 0.3) is 22.2 Å². The highest BCUT2D eigenvalue weighted by Crippen LogP contribution is 2.28. The number of anilines is 1. The van der Waals surface area contributed by atoms with Crippen molar-refractivity contribution in [3.05, 3.63) is 87.1 Å². The lowest BCUT2D eigenvalue weighted by atomic mass is 10.0. The first-order chi connectivity index (χ1) is 17.5. The Morgan fingerprint density at radius 3 is 2.44 bits per heavy atom. The number of aromatic nitrogens is 3. The summed E-state index contributed by atoms with van der Waals surface area (Å²) in [4.78, 5) is 27.5. The van der Waals surface area contributed by atoms with Gasteiger partial charge in [0.25, 0.3) is 5.56 Å². The van der Waals surface area contributed by atoms with Gasteiger partial charge in [-0.05, 0) is 49.9 Å². The molecule has 1 aliphatic heterocycles. The highest BCUT2D eigenvalue weighted by atomic mass is 35.5. The zero-order valence-corrected chi connectivity index (χ0v) is 21.2. The molecule has 2 aromatic heterocycles. The lowest BCUT2D eigenvalue weighted by Crippen LogP contribution is -2.44. The smallest absolute Gasteiger partial charge is 0.260 e. The van der Waals surface area contributed by atoms with Crippen molar-refractivity contribution in [3.8, 4) is 17.2 Å². The van der Waals surface area contributed by atoms with Crippen molar-refractivity contribution in [1.29, 1.82) is 5.26 Å². The first-order valence-corrected chi connectivity index (χ1v) is 12.5. The van der Waals surface area contributed by atoms with Crippen LogP contribution >= 0.6 is 11.6 Å². The quantitative estimate of drug-likeness (QED) is 0.407. The van der Waals surface area contributed by atoms with Crippen molar-refractivity contribution in [2.45, 2.75) is 19.9 Å². The number of nitriles is 1. The molecule has 1 saturated heterocycles. The number of aryl methyl sites for hydroxylation is 1. The first-order valence-electron chi connectivity index (χ1n) is 12.1. The van der Waals surface area contributed by atoms with Gasteiger partial charge in [-0.2, -0.15) is 5.26 Å². The number of hydrogen-bond acceptors (Lipinski definition) is 6. The minimum Gasteiger partial charge on any atom is -0.369 e. The highest BCUT2D eigenvalue weighted by Gasteiger charge is 2.16. The molecule has 0 aliphatic carbocycles. The van der Waals surface area contributed by atoms with E-state index in [1.165, 1.54) is 5.69 Å². The molecule has 0 N–H and O–H groups in total. The third kappa shape index (κ3) is 4.70.